The minimum absolute atomic E-state index is 0.441. The fraction of sp³-hybridized carbons (Fsp3) is 0.500. The van der Waals surface area contributed by atoms with Gasteiger partial charge in [-0.1, -0.05) is 6.07 Å². The van der Waals surface area contributed by atoms with E-state index in [4.69, 9.17) is 0 Å². The Bertz CT molecular complexity index is 334. The summed E-state index contributed by atoms with van der Waals surface area (Å²) in [5.74, 6) is -0.117. The molecule has 1 N–H and O–H groups in total. The van der Waals surface area contributed by atoms with Gasteiger partial charge in [-0.15, -0.1) is 0 Å². The zero-order valence-corrected chi connectivity index (χ0v) is 8.60. The monoisotopic (exact) mass is 211 g/mol. The second-order valence-electron chi connectivity index (χ2n) is 4.13. The fourth-order valence-corrected chi connectivity index (χ4v) is 1.58. The van der Waals surface area contributed by atoms with Crippen molar-refractivity contribution in [3.05, 3.63) is 35.4 Å². The number of benzene rings is 1. The van der Waals surface area contributed by atoms with Crippen LogP contribution in [0.25, 0.3) is 0 Å². The molecular formula is C12H15F2N. The third kappa shape index (κ3) is 3.27. The largest absolute Gasteiger partial charge is 0.316 e. The first-order valence-corrected chi connectivity index (χ1v) is 5.40. The molecule has 1 fully saturated rings. The predicted octanol–water partition coefficient (Wildman–Crippen LogP) is 2.51. The van der Waals surface area contributed by atoms with E-state index in [0.29, 0.717) is 12.0 Å². The van der Waals surface area contributed by atoms with E-state index in [1.165, 1.54) is 25.0 Å². The maximum atomic E-state index is 13.2. The van der Waals surface area contributed by atoms with Crippen molar-refractivity contribution in [1.29, 1.82) is 0 Å². The van der Waals surface area contributed by atoms with Crippen LogP contribution in [0.4, 0.5) is 8.78 Å². The lowest BCUT2D eigenvalue weighted by molar-refractivity contribution is 0.564. The van der Waals surface area contributed by atoms with Gasteiger partial charge in [0, 0.05) is 6.07 Å². The zero-order chi connectivity index (χ0) is 10.7. The average Bonchev–Trinajstić information content (AvgIpc) is 2.99. The van der Waals surface area contributed by atoms with Crippen LogP contribution in [0, 0.1) is 17.6 Å². The molecule has 2 rings (SSSR count). The van der Waals surface area contributed by atoms with Gasteiger partial charge in [0.2, 0.25) is 0 Å². The van der Waals surface area contributed by atoms with Gasteiger partial charge in [0.15, 0.2) is 0 Å². The van der Waals surface area contributed by atoms with Gasteiger partial charge in [0.05, 0.1) is 0 Å². The summed E-state index contributed by atoms with van der Waals surface area (Å²) in [7, 11) is 0. The van der Waals surface area contributed by atoms with Gasteiger partial charge < -0.3 is 5.32 Å². The van der Waals surface area contributed by atoms with Crippen LogP contribution >= 0.6 is 0 Å². The van der Waals surface area contributed by atoms with Gasteiger partial charge in [-0.05, 0) is 49.9 Å². The molecule has 1 aromatic rings. The van der Waals surface area contributed by atoms with E-state index in [1.807, 2.05) is 0 Å². The van der Waals surface area contributed by atoms with E-state index >= 15 is 0 Å². The van der Waals surface area contributed by atoms with Gasteiger partial charge in [0.25, 0.3) is 0 Å². The summed E-state index contributed by atoms with van der Waals surface area (Å²) in [4.78, 5) is 0. The third-order valence-corrected chi connectivity index (χ3v) is 2.72. The summed E-state index contributed by atoms with van der Waals surface area (Å²) in [5, 5.41) is 3.28. The minimum atomic E-state index is -0.512. The Morgan fingerprint density at radius 1 is 1.27 bits per heavy atom. The normalized spacial score (nSPS) is 15.6. The van der Waals surface area contributed by atoms with Crippen molar-refractivity contribution >= 4 is 0 Å². The first-order valence-electron chi connectivity index (χ1n) is 5.40. The molecule has 0 atom stereocenters. The molecule has 0 bridgehead atoms. The SMILES string of the molecule is Fc1ccc(CCNCC2CC2)c(F)c1. The Hall–Kier alpha value is -0.960. The van der Waals surface area contributed by atoms with Crippen LogP contribution in [-0.4, -0.2) is 13.1 Å². The van der Waals surface area contributed by atoms with Crippen molar-refractivity contribution in [1.82, 2.24) is 5.32 Å². The maximum Gasteiger partial charge on any atom is 0.129 e. The van der Waals surface area contributed by atoms with E-state index in [9.17, 15) is 8.78 Å². The maximum absolute atomic E-state index is 13.2. The molecule has 1 aliphatic carbocycles. The molecule has 1 saturated carbocycles. The zero-order valence-electron chi connectivity index (χ0n) is 8.60. The van der Waals surface area contributed by atoms with Crippen LogP contribution in [0.3, 0.4) is 0 Å². The molecule has 1 aliphatic rings. The summed E-state index contributed by atoms with van der Waals surface area (Å²) in [5.41, 5.74) is 0.583. The summed E-state index contributed by atoms with van der Waals surface area (Å²) in [6, 6.07) is 3.76. The Kier molecular flexibility index (Phi) is 3.31. The second-order valence-corrected chi connectivity index (χ2v) is 4.13. The van der Waals surface area contributed by atoms with Gasteiger partial charge in [0.1, 0.15) is 11.6 Å². The van der Waals surface area contributed by atoms with Crippen molar-refractivity contribution < 1.29 is 8.78 Å². The van der Waals surface area contributed by atoms with Crippen LogP contribution in [0.5, 0.6) is 0 Å². The molecule has 0 amide bonds. The summed E-state index contributed by atoms with van der Waals surface area (Å²) in [6.07, 6.45) is 3.26. The van der Waals surface area contributed by atoms with Crippen LogP contribution in [0.1, 0.15) is 18.4 Å². The van der Waals surface area contributed by atoms with Crippen molar-refractivity contribution in [2.75, 3.05) is 13.1 Å². The molecular weight excluding hydrogens is 196 g/mol. The summed E-state index contributed by atoms with van der Waals surface area (Å²) in [6.45, 7) is 1.79. The number of halogens is 2. The lowest BCUT2D eigenvalue weighted by Crippen LogP contribution is -2.20. The molecule has 0 aliphatic heterocycles. The van der Waals surface area contributed by atoms with Crippen molar-refractivity contribution in [3.63, 3.8) is 0 Å². The Labute approximate surface area is 88.5 Å². The van der Waals surface area contributed by atoms with Crippen LogP contribution < -0.4 is 5.32 Å². The number of rotatable bonds is 5. The van der Waals surface area contributed by atoms with Gasteiger partial charge in [-0.2, -0.15) is 0 Å². The highest BCUT2D eigenvalue weighted by Gasteiger charge is 2.19. The standard InChI is InChI=1S/C12H15F2N/c13-11-4-3-10(12(14)7-11)5-6-15-8-9-1-2-9/h3-4,7,9,15H,1-2,5-6,8H2. The van der Waals surface area contributed by atoms with Gasteiger partial charge in [-0.25, -0.2) is 8.78 Å². The lowest BCUT2D eigenvalue weighted by atomic mass is 10.1. The van der Waals surface area contributed by atoms with E-state index < -0.39 is 11.6 Å². The van der Waals surface area contributed by atoms with E-state index in [-0.39, 0.29) is 0 Å². The molecule has 15 heavy (non-hydrogen) atoms. The Morgan fingerprint density at radius 2 is 2.07 bits per heavy atom. The van der Waals surface area contributed by atoms with Crippen molar-refractivity contribution in [2.24, 2.45) is 5.92 Å². The molecule has 0 unspecified atom stereocenters. The fourth-order valence-electron chi connectivity index (χ4n) is 1.58. The highest BCUT2D eigenvalue weighted by molar-refractivity contribution is 5.18. The topological polar surface area (TPSA) is 12.0 Å². The van der Waals surface area contributed by atoms with Crippen LogP contribution in [-0.2, 0) is 6.42 Å². The first-order chi connectivity index (χ1) is 7.25. The lowest BCUT2D eigenvalue weighted by Gasteiger charge is -2.04. The van der Waals surface area contributed by atoms with Crippen LogP contribution in [0.2, 0.25) is 0 Å². The molecule has 1 aromatic carbocycles. The van der Waals surface area contributed by atoms with E-state index in [1.54, 1.807) is 0 Å². The molecule has 0 saturated heterocycles. The Morgan fingerprint density at radius 3 is 2.73 bits per heavy atom. The van der Waals surface area contributed by atoms with E-state index in [2.05, 4.69) is 5.32 Å². The smallest absolute Gasteiger partial charge is 0.129 e. The number of hydrogen-bond donors (Lipinski definition) is 1. The molecule has 0 aromatic heterocycles. The molecule has 3 heteroatoms. The summed E-state index contributed by atoms with van der Waals surface area (Å²) >= 11 is 0. The highest BCUT2D eigenvalue weighted by atomic mass is 19.1. The molecule has 82 valence electrons. The predicted molar refractivity (Wildman–Crippen MR) is 55.7 cm³/mol. The molecule has 0 heterocycles. The second kappa shape index (κ2) is 4.71. The minimum Gasteiger partial charge on any atom is -0.316 e. The quantitative estimate of drug-likeness (QED) is 0.738. The number of hydrogen-bond acceptors (Lipinski definition) is 1. The van der Waals surface area contributed by atoms with E-state index in [0.717, 1.165) is 25.1 Å². The highest BCUT2D eigenvalue weighted by Crippen LogP contribution is 2.27. The molecule has 0 spiro atoms. The van der Waals surface area contributed by atoms with Gasteiger partial charge >= 0.3 is 0 Å². The number of nitrogens with one attached hydrogen (secondary N) is 1. The van der Waals surface area contributed by atoms with Gasteiger partial charge in [-0.3, -0.25) is 0 Å². The first kappa shape index (κ1) is 10.6. The van der Waals surface area contributed by atoms with Crippen molar-refractivity contribution in [2.45, 2.75) is 19.3 Å². The molecule has 0 radical (unpaired) electrons. The third-order valence-electron chi connectivity index (χ3n) is 2.72. The van der Waals surface area contributed by atoms with Crippen LogP contribution in [0.15, 0.2) is 18.2 Å². The van der Waals surface area contributed by atoms with Crippen molar-refractivity contribution in [3.8, 4) is 0 Å². The molecule has 1 nitrogen and oxygen atoms in total. The average molecular weight is 211 g/mol. The Balaban J connectivity index is 1.76. The summed E-state index contributed by atoms with van der Waals surface area (Å²) < 4.78 is 25.8.